The van der Waals surface area contributed by atoms with Crippen LogP contribution >= 0.6 is 0 Å². The monoisotopic (exact) mass is 192 g/mol. The van der Waals surface area contributed by atoms with E-state index in [0.717, 1.165) is 0 Å². The molecule has 0 aliphatic heterocycles. The molecule has 0 unspecified atom stereocenters. The molecule has 0 fully saturated rings. The molecule has 0 N–H and O–H groups in total. The largest absolute Gasteiger partial charge is 0.0991 e. The summed E-state index contributed by atoms with van der Waals surface area (Å²) < 4.78 is 0. The highest BCUT2D eigenvalue weighted by Gasteiger charge is 1.87. The smallest absolute Gasteiger partial charge is 0.0348 e. The van der Waals surface area contributed by atoms with Crippen LogP contribution < -0.4 is 0 Å². The van der Waals surface area contributed by atoms with Crippen molar-refractivity contribution in [2.45, 2.75) is 51.9 Å². The van der Waals surface area contributed by atoms with Crippen molar-refractivity contribution in [3.05, 3.63) is 37.0 Å². The highest BCUT2D eigenvalue weighted by molar-refractivity contribution is 5.08. The molecule has 0 bridgehead atoms. The molecular formula is C14H24. The first-order chi connectivity index (χ1) is 6.91. The summed E-state index contributed by atoms with van der Waals surface area (Å²) in [6.07, 6.45) is 19.6. The van der Waals surface area contributed by atoms with E-state index in [0.29, 0.717) is 0 Å². The van der Waals surface area contributed by atoms with Gasteiger partial charge in [0, 0.05) is 0 Å². The molecular weight excluding hydrogens is 168 g/mol. The molecule has 0 heteroatoms. The van der Waals surface area contributed by atoms with Gasteiger partial charge in [0.25, 0.3) is 0 Å². The molecule has 0 aromatic heterocycles. The van der Waals surface area contributed by atoms with E-state index in [1.54, 1.807) is 6.08 Å². The third kappa shape index (κ3) is 11.2. The van der Waals surface area contributed by atoms with Crippen LogP contribution in [0.3, 0.4) is 0 Å². The van der Waals surface area contributed by atoms with Crippen molar-refractivity contribution >= 4 is 0 Å². The molecule has 0 spiro atoms. The second-order valence-electron chi connectivity index (χ2n) is 3.61. The minimum Gasteiger partial charge on any atom is -0.0991 e. The first-order valence-corrected chi connectivity index (χ1v) is 5.86. The van der Waals surface area contributed by atoms with Crippen molar-refractivity contribution in [2.75, 3.05) is 0 Å². The van der Waals surface area contributed by atoms with Crippen LogP contribution in [0.1, 0.15) is 51.9 Å². The van der Waals surface area contributed by atoms with E-state index in [4.69, 9.17) is 0 Å². The van der Waals surface area contributed by atoms with Crippen molar-refractivity contribution in [1.82, 2.24) is 0 Å². The predicted molar refractivity (Wildman–Crippen MR) is 66.5 cm³/mol. The Morgan fingerprint density at radius 3 is 2.29 bits per heavy atom. The zero-order valence-corrected chi connectivity index (χ0v) is 9.54. The van der Waals surface area contributed by atoms with Gasteiger partial charge >= 0.3 is 0 Å². The van der Waals surface area contributed by atoms with Gasteiger partial charge in [0.15, 0.2) is 0 Å². The summed E-state index contributed by atoms with van der Waals surface area (Å²) in [5, 5.41) is 0. The Kier molecular flexibility index (Phi) is 11.5. The SMILES string of the molecule is C=C/C=C/C=CCCCCCCCC. The fourth-order valence-electron chi connectivity index (χ4n) is 1.36. The normalized spacial score (nSPS) is 11.5. The molecule has 0 nitrogen and oxygen atoms in total. The maximum atomic E-state index is 3.62. The molecule has 0 aliphatic carbocycles. The van der Waals surface area contributed by atoms with Gasteiger partial charge < -0.3 is 0 Å². The van der Waals surface area contributed by atoms with Crippen LogP contribution in [0.25, 0.3) is 0 Å². The maximum Gasteiger partial charge on any atom is -0.0348 e. The van der Waals surface area contributed by atoms with Gasteiger partial charge in [-0.2, -0.15) is 0 Å². The van der Waals surface area contributed by atoms with Gasteiger partial charge in [0.2, 0.25) is 0 Å². The number of unbranched alkanes of at least 4 members (excludes halogenated alkanes) is 6. The summed E-state index contributed by atoms with van der Waals surface area (Å²) in [4.78, 5) is 0. The van der Waals surface area contributed by atoms with E-state index in [1.807, 2.05) is 12.2 Å². The fourth-order valence-corrected chi connectivity index (χ4v) is 1.36. The van der Waals surface area contributed by atoms with Gasteiger partial charge in [0.05, 0.1) is 0 Å². The zero-order valence-electron chi connectivity index (χ0n) is 9.54. The molecule has 0 aliphatic rings. The third-order valence-electron chi connectivity index (χ3n) is 2.22. The van der Waals surface area contributed by atoms with Gasteiger partial charge in [-0.3, -0.25) is 0 Å². The average Bonchev–Trinajstić information content (AvgIpc) is 2.21. The Morgan fingerprint density at radius 1 is 0.857 bits per heavy atom. The molecule has 0 heterocycles. The quantitative estimate of drug-likeness (QED) is 0.355. The minimum absolute atomic E-state index is 1.22. The van der Waals surface area contributed by atoms with Gasteiger partial charge in [0.1, 0.15) is 0 Å². The van der Waals surface area contributed by atoms with Crippen molar-refractivity contribution in [3.8, 4) is 0 Å². The molecule has 0 amide bonds. The Balaban J connectivity index is 3.08. The Hall–Kier alpha value is -0.780. The summed E-state index contributed by atoms with van der Waals surface area (Å²) in [6, 6.07) is 0. The first kappa shape index (κ1) is 13.2. The van der Waals surface area contributed by atoms with E-state index in [-0.39, 0.29) is 0 Å². The van der Waals surface area contributed by atoms with Crippen LogP contribution in [-0.4, -0.2) is 0 Å². The van der Waals surface area contributed by atoms with E-state index in [9.17, 15) is 0 Å². The van der Waals surface area contributed by atoms with Crippen LogP contribution in [0.2, 0.25) is 0 Å². The van der Waals surface area contributed by atoms with Crippen LogP contribution in [0.15, 0.2) is 37.0 Å². The van der Waals surface area contributed by atoms with Crippen LogP contribution in [0.4, 0.5) is 0 Å². The number of rotatable bonds is 9. The summed E-state index contributed by atoms with van der Waals surface area (Å²) in [5.74, 6) is 0. The standard InChI is InChI=1S/C14H24/c1-3-5-7-9-11-13-14-12-10-8-6-4-2/h3,5,7,9,11H,1,4,6,8,10,12-14H2,2H3/b7-5+,11-9?. The average molecular weight is 192 g/mol. The second kappa shape index (κ2) is 12.2. The lowest BCUT2D eigenvalue weighted by molar-refractivity contribution is 0.611. The topological polar surface area (TPSA) is 0 Å². The predicted octanol–water partition coefficient (Wildman–Crippen LogP) is 5.04. The van der Waals surface area contributed by atoms with Crippen LogP contribution in [0.5, 0.6) is 0 Å². The van der Waals surface area contributed by atoms with Crippen molar-refractivity contribution in [2.24, 2.45) is 0 Å². The molecule has 0 atom stereocenters. The summed E-state index contributed by atoms with van der Waals surface area (Å²) in [7, 11) is 0. The van der Waals surface area contributed by atoms with Crippen molar-refractivity contribution in [1.29, 1.82) is 0 Å². The molecule has 0 saturated carbocycles. The molecule has 80 valence electrons. The second-order valence-corrected chi connectivity index (χ2v) is 3.61. The van der Waals surface area contributed by atoms with Gasteiger partial charge in [-0.05, 0) is 12.8 Å². The molecule has 0 radical (unpaired) electrons. The van der Waals surface area contributed by atoms with E-state index in [1.165, 1.54) is 44.9 Å². The minimum atomic E-state index is 1.22. The van der Waals surface area contributed by atoms with Crippen LogP contribution in [0, 0.1) is 0 Å². The summed E-state index contributed by atoms with van der Waals surface area (Å²) >= 11 is 0. The molecule has 0 saturated heterocycles. The third-order valence-corrected chi connectivity index (χ3v) is 2.22. The summed E-state index contributed by atoms with van der Waals surface area (Å²) in [6.45, 7) is 5.87. The van der Waals surface area contributed by atoms with Gasteiger partial charge in [-0.1, -0.05) is 76.0 Å². The maximum absolute atomic E-state index is 3.62. The molecule has 0 aromatic rings. The van der Waals surface area contributed by atoms with Crippen molar-refractivity contribution in [3.63, 3.8) is 0 Å². The first-order valence-electron chi connectivity index (χ1n) is 5.86. The number of hydrogen-bond donors (Lipinski definition) is 0. The Morgan fingerprint density at radius 2 is 1.57 bits per heavy atom. The van der Waals surface area contributed by atoms with E-state index < -0.39 is 0 Å². The zero-order chi connectivity index (χ0) is 10.5. The summed E-state index contributed by atoms with van der Waals surface area (Å²) in [5.41, 5.74) is 0. The number of hydrogen-bond acceptors (Lipinski definition) is 0. The molecule has 14 heavy (non-hydrogen) atoms. The van der Waals surface area contributed by atoms with Gasteiger partial charge in [-0.25, -0.2) is 0 Å². The molecule has 0 aromatic carbocycles. The highest BCUT2D eigenvalue weighted by Crippen LogP contribution is 2.06. The lowest BCUT2D eigenvalue weighted by Crippen LogP contribution is -1.77. The van der Waals surface area contributed by atoms with E-state index >= 15 is 0 Å². The Labute approximate surface area is 89.4 Å². The van der Waals surface area contributed by atoms with Gasteiger partial charge in [-0.15, -0.1) is 0 Å². The lowest BCUT2D eigenvalue weighted by atomic mass is 10.1. The number of allylic oxidation sites excluding steroid dienone is 5. The van der Waals surface area contributed by atoms with E-state index in [2.05, 4.69) is 25.7 Å². The lowest BCUT2D eigenvalue weighted by Gasteiger charge is -1.97. The van der Waals surface area contributed by atoms with Crippen LogP contribution in [-0.2, 0) is 0 Å². The molecule has 0 rings (SSSR count). The Bertz CT molecular complexity index is 163. The van der Waals surface area contributed by atoms with Crippen molar-refractivity contribution < 1.29 is 0 Å². The highest BCUT2D eigenvalue weighted by atomic mass is 13.9. The fraction of sp³-hybridized carbons (Fsp3) is 0.571.